The summed E-state index contributed by atoms with van der Waals surface area (Å²) in [5.74, 6) is 0.563. The Balaban J connectivity index is 2.02. The van der Waals surface area contributed by atoms with E-state index in [1.807, 2.05) is 6.07 Å². The molecule has 1 fully saturated rings. The molecular formula is C13H16Br2FN. The Bertz CT molecular complexity index is 384. The Morgan fingerprint density at radius 2 is 2.24 bits per heavy atom. The van der Waals surface area contributed by atoms with Crippen LogP contribution in [0.1, 0.15) is 18.4 Å². The van der Waals surface area contributed by atoms with Crippen molar-refractivity contribution in [1.29, 1.82) is 0 Å². The van der Waals surface area contributed by atoms with E-state index in [0.29, 0.717) is 4.47 Å². The SMILES string of the molecule is Fc1cccc(CN2CCCC(CBr)C2)c1Br. The number of hydrogen-bond acceptors (Lipinski definition) is 1. The number of rotatable bonds is 3. The molecule has 1 aliphatic rings. The minimum atomic E-state index is -0.170. The van der Waals surface area contributed by atoms with Gasteiger partial charge >= 0.3 is 0 Å². The van der Waals surface area contributed by atoms with E-state index in [2.05, 4.69) is 36.8 Å². The zero-order valence-corrected chi connectivity index (χ0v) is 12.8. The molecule has 1 unspecified atom stereocenters. The molecule has 1 aromatic rings. The van der Waals surface area contributed by atoms with Crippen LogP contribution in [0.2, 0.25) is 0 Å². The van der Waals surface area contributed by atoms with Crippen molar-refractivity contribution in [1.82, 2.24) is 4.90 Å². The molecule has 0 bridgehead atoms. The van der Waals surface area contributed by atoms with Gasteiger partial charge in [-0.05, 0) is 52.9 Å². The van der Waals surface area contributed by atoms with E-state index < -0.39 is 0 Å². The average Bonchev–Trinajstić information content (AvgIpc) is 2.35. The van der Waals surface area contributed by atoms with Crippen molar-refractivity contribution in [3.8, 4) is 0 Å². The highest BCUT2D eigenvalue weighted by Crippen LogP contribution is 2.25. The second kappa shape index (κ2) is 6.30. The topological polar surface area (TPSA) is 3.24 Å². The van der Waals surface area contributed by atoms with Crippen molar-refractivity contribution < 1.29 is 4.39 Å². The number of nitrogens with zero attached hydrogens (tertiary/aromatic N) is 1. The van der Waals surface area contributed by atoms with E-state index in [-0.39, 0.29) is 5.82 Å². The van der Waals surface area contributed by atoms with Crippen molar-refractivity contribution in [3.05, 3.63) is 34.1 Å². The molecule has 1 aromatic carbocycles. The number of benzene rings is 1. The summed E-state index contributed by atoms with van der Waals surface area (Å²) in [6.07, 6.45) is 2.54. The highest BCUT2D eigenvalue weighted by molar-refractivity contribution is 9.10. The zero-order valence-electron chi connectivity index (χ0n) is 9.63. The Morgan fingerprint density at radius 3 is 3.00 bits per heavy atom. The van der Waals surface area contributed by atoms with Gasteiger partial charge in [0.25, 0.3) is 0 Å². The summed E-state index contributed by atoms with van der Waals surface area (Å²) >= 11 is 6.88. The van der Waals surface area contributed by atoms with Gasteiger partial charge in [-0.15, -0.1) is 0 Å². The molecule has 0 saturated carbocycles. The number of alkyl halides is 1. The highest BCUT2D eigenvalue weighted by Gasteiger charge is 2.19. The molecule has 0 aliphatic carbocycles. The third-order valence-electron chi connectivity index (χ3n) is 3.25. The lowest BCUT2D eigenvalue weighted by Crippen LogP contribution is -2.35. The van der Waals surface area contributed by atoms with Gasteiger partial charge in [0.1, 0.15) is 5.82 Å². The number of hydrogen-bond donors (Lipinski definition) is 0. The fourth-order valence-electron chi connectivity index (χ4n) is 2.33. The molecule has 17 heavy (non-hydrogen) atoms. The van der Waals surface area contributed by atoms with Crippen LogP contribution in [0.3, 0.4) is 0 Å². The minimum absolute atomic E-state index is 0.170. The van der Waals surface area contributed by atoms with Crippen LogP contribution < -0.4 is 0 Å². The second-order valence-electron chi connectivity index (χ2n) is 4.61. The molecule has 0 aromatic heterocycles. The summed E-state index contributed by atoms with van der Waals surface area (Å²) in [7, 11) is 0. The van der Waals surface area contributed by atoms with Crippen molar-refractivity contribution in [2.24, 2.45) is 5.92 Å². The van der Waals surface area contributed by atoms with Gasteiger partial charge in [0, 0.05) is 18.4 Å². The lowest BCUT2D eigenvalue weighted by atomic mass is 10.00. The first-order valence-electron chi connectivity index (χ1n) is 5.92. The second-order valence-corrected chi connectivity index (χ2v) is 6.05. The summed E-state index contributed by atoms with van der Waals surface area (Å²) in [5, 5.41) is 1.06. The molecular weight excluding hydrogens is 349 g/mol. The molecule has 4 heteroatoms. The maximum Gasteiger partial charge on any atom is 0.137 e. The molecule has 1 nitrogen and oxygen atoms in total. The zero-order chi connectivity index (χ0) is 12.3. The van der Waals surface area contributed by atoms with E-state index in [1.165, 1.54) is 18.9 Å². The molecule has 0 amide bonds. The van der Waals surface area contributed by atoms with Crippen LogP contribution in [0.25, 0.3) is 0 Å². The van der Waals surface area contributed by atoms with Crippen LogP contribution in [0, 0.1) is 11.7 Å². The number of piperidine rings is 1. The standard InChI is InChI=1S/C13H16Br2FN/c14-7-10-3-2-6-17(8-10)9-11-4-1-5-12(16)13(11)15/h1,4-5,10H,2-3,6-9H2. The summed E-state index contributed by atoms with van der Waals surface area (Å²) in [6, 6.07) is 5.26. The fourth-order valence-corrected chi connectivity index (χ4v) is 3.25. The highest BCUT2D eigenvalue weighted by atomic mass is 79.9. The Labute approximate surface area is 119 Å². The fraction of sp³-hybridized carbons (Fsp3) is 0.538. The molecule has 1 saturated heterocycles. The third kappa shape index (κ3) is 3.52. The summed E-state index contributed by atoms with van der Waals surface area (Å²) in [4.78, 5) is 2.41. The number of halogens is 3. The lowest BCUT2D eigenvalue weighted by molar-refractivity contribution is 0.179. The van der Waals surface area contributed by atoms with Crippen LogP contribution in [0.5, 0.6) is 0 Å². The van der Waals surface area contributed by atoms with Gasteiger partial charge in [0.05, 0.1) is 4.47 Å². The first-order valence-corrected chi connectivity index (χ1v) is 7.83. The first-order chi connectivity index (χ1) is 8.20. The monoisotopic (exact) mass is 363 g/mol. The molecule has 1 aliphatic heterocycles. The maximum absolute atomic E-state index is 13.4. The smallest absolute Gasteiger partial charge is 0.137 e. The summed E-state index contributed by atoms with van der Waals surface area (Å²) < 4.78 is 14.0. The number of likely N-dealkylation sites (tertiary alicyclic amines) is 1. The van der Waals surface area contributed by atoms with E-state index in [9.17, 15) is 4.39 Å². The van der Waals surface area contributed by atoms with Crippen LogP contribution in [-0.2, 0) is 6.54 Å². The minimum Gasteiger partial charge on any atom is -0.299 e. The van der Waals surface area contributed by atoms with Crippen molar-refractivity contribution in [3.63, 3.8) is 0 Å². The van der Waals surface area contributed by atoms with E-state index in [4.69, 9.17) is 0 Å². The Hall–Kier alpha value is 0.0700. The van der Waals surface area contributed by atoms with Crippen LogP contribution in [0.4, 0.5) is 4.39 Å². The Morgan fingerprint density at radius 1 is 1.41 bits per heavy atom. The predicted molar refractivity (Wildman–Crippen MR) is 75.9 cm³/mol. The molecule has 1 atom stereocenters. The van der Waals surface area contributed by atoms with E-state index in [1.54, 1.807) is 6.07 Å². The van der Waals surface area contributed by atoms with Crippen LogP contribution >= 0.6 is 31.9 Å². The molecule has 1 heterocycles. The van der Waals surface area contributed by atoms with Gasteiger partial charge in [-0.25, -0.2) is 4.39 Å². The lowest BCUT2D eigenvalue weighted by Gasteiger charge is -2.32. The quantitative estimate of drug-likeness (QED) is 0.726. The van der Waals surface area contributed by atoms with Crippen molar-refractivity contribution >= 4 is 31.9 Å². The van der Waals surface area contributed by atoms with Gasteiger partial charge in [-0.3, -0.25) is 4.90 Å². The largest absolute Gasteiger partial charge is 0.299 e. The summed E-state index contributed by atoms with van der Waals surface area (Å²) in [6.45, 7) is 3.06. The Kier molecular flexibility index (Phi) is 5.00. The maximum atomic E-state index is 13.4. The average molecular weight is 365 g/mol. The molecule has 0 radical (unpaired) electrons. The normalized spacial score (nSPS) is 21.7. The van der Waals surface area contributed by atoms with Crippen molar-refractivity contribution in [2.45, 2.75) is 19.4 Å². The van der Waals surface area contributed by atoms with Crippen LogP contribution in [-0.4, -0.2) is 23.3 Å². The molecule has 0 N–H and O–H groups in total. The van der Waals surface area contributed by atoms with Gasteiger partial charge < -0.3 is 0 Å². The third-order valence-corrected chi connectivity index (χ3v) is 5.05. The molecule has 0 spiro atoms. The van der Waals surface area contributed by atoms with Gasteiger partial charge in [-0.2, -0.15) is 0 Å². The van der Waals surface area contributed by atoms with Crippen LogP contribution in [0.15, 0.2) is 22.7 Å². The predicted octanol–water partition coefficient (Wildman–Crippen LogP) is 4.20. The first kappa shape index (κ1) is 13.5. The molecule has 94 valence electrons. The van der Waals surface area contributed by atoms with E-state index in [0.717, 1.165) is 36.4 Å². The van der Waals surface area contributed by atoms with Gasteiger partial charge in [0.15, 0.2) is 0 Å². The summed E-state index contributed by atoms with van der Waals surface area (Å²) in [5.41, 5.74) is 1.04. The van der Waals surface area contributed by atoms with Gasteiger partial charge in [-0.1, -0.05) is 28.1 Å². The molecule has 2 rings (SSSR count). The van der Waals surface area contributed by atoms with Gasteiger partial charge in [0.2, 0.25) is 0 Å². The van der Waals surface area contributed by atoms with Crippen molar-refractivity contribution in [2.75, 3.05) is 18.4 Å². The van der Waals surface area contributed by atoms with E-state index >= 15 is 0 Å².